The fourth-order valence-corrected chi connectivity index (χ4v) is 1.84. The quantitative estimate of drug-likeness (QED) is 0.435. The highest BCUT2D eigenvalue weighted by atomic mass is 16.5. The van der Waals surface area contributed by atoms with E-state index in [1.807, 2.05) is 44.2 Å². The molecule has 0 aromatic heterocycles. The Morgan fingerprint density at radius 3 is 2.55 bits per heavy atom. The molecule has 0 spiro atoms. The van der Waals surface area contributed by atoms with Crippen LogP contribution in [0.3, 0.4) is 0 Å². The lowest BCUT2D eigenvalue weighted by Gasteiger charge is -1.97. The average Bonchev–Trinajstić information content (AvgIpc) is 3.24. The monoisotopic (exact) mass is 271 g/mol. The number of phenolic OH excluding ortho intramolecular Hbond substituents is 1. The first-order valence-electron chi connectivity index (χ1n) is 6.33. The van der Waals surface area contributed by atoms with E-state index in [1.165, 1.54) is 5.69 Å². The van der Waals surface area contributed by atoms with Gasteiger partial charge in [0.15, 0.2) is 0 Å². The minimum absolute atomic E-state index is 0.365. The molecule has 104 valence electrons. The van der Waals surface area contributed by atoms with Crippen LogP contribution in [0.1, 0.15) is 16.7 Å². The van der Waals surface area contributed by atoms with Crippen molar-refractivity contribution < 1.29 is 14.6 Å². The van der Waals surface area contributed by atoms with E-state index in [0.717, 1.165) is 22.4 Å². The molecule has 0 aliphatic carbocycles. The van der Waals surface area contributed by atoms with Gasteiger partial charge in [-0.3, -0.25) is 4.79 Å². The van der Waals surface area contributed by atoms with E-state index in [1.54, 1.807) is 6.07 Å². The smallest absolute Gasteiger partial charge is 0.293 e. The predicted molar refractivity (Wildman–Crippen MR) is 78.2 cm³/mol. The number of nitrogens with one attached hydrogen (secondary N) is 1. The topological polar surface area (TPSA) is 68.5 Å². The van der Waals surface area contributed by atoms with Gasteiger partial charge in [0.25, 0.3) is 6.47 Å². The molecule has 2 aromatic rings. The van der Waals surface area contributed by atoms with Gasteiger partial charge in [0, 0.05) is 6.07 Å². The van der Waals surface area contributed by atoms with E-state index in [9.17, 15) is 9.90 Å². The van der Waals surface area contributed by atoms with Crippen LogP contribution in [0.15, 0.2) is 36.4 Å². The fraction of sp³-hybridized carbons (Fsp3) is 0.188. The summed E-state index contributed by atoms with van der Waals surface area (Å²) in [5.41, 5.74) is 5.41. The zero-order valence-electron chi connectivity index (χ0n) is 11.5. The molecule has 0 unspecified atom stereocenters. The van der Waals surface area contributed by atoms with Gasteiger partial charge in [-0.25, -0.2) is 0 Å². The molecule has 1 aliphatic heterocycles. The number of ether oxygens (including phenoxy) is 1. The van der Waals surface area contributed by atoms with Gasteiger partial charge in [0.2, 0.25) is 0 Å². The zero-order valence-corrected chi connectivity index (χ0v) is 11.5. The van der Waals surface area contributed by atoms with Gasteiger partial charge in [0.05, 0.1) is 11.4 Å². The normalized spacial score (nSPS) is 10.5. The van der Waals surface area contributed by atoms with Crippen molar-refractivity contribution in [3.05, 3.63) is 53.1 Å². The molecule has 0 saturated carbocycles. The van der Waals surface area contributed by atoms with Gasteiger partial charge in [-0.05, 0) is 30.5 Å². The SMILES string of the molecule is Cc1c(O)cc2c(c1C)N2.O=COCc1ccccc1. The van der Waals surface area contributed by atoms with Crippen LogP contribution in [-0.2, 0) is 16.1 Å². The Bertz CT molecular complexity index is 606. The van der Waals surface area contributed by atoms with Crippen LogP contribution in [0, 0.1) is 13.8 Å². The summed E-state index contributed by atoms with van der Waals surface area (Å²) in [7, 11) is 0. The summed E-state index contributed by atoms with van der Waals surface area (Å²) in [5.74, 6) is 0.390. The van der Waals surface area contributed by atoms with Crippen molar-refractivity contribution in [2.45, 2.75) is 20.5 Å². The third-order valence-electron chi connectivity index (χ3n) is 3.23. The lowest BCUT2D eigenvalue weighted by atomic mass is 10.1. The van der Waals surface area contributed by atoms with Crippen LogP contribution < -0.4 is 5.32 Å². The molecular formula is C16H17NO3. The highest BCUT2D eigenvalue weighted by Crippen LogP contribution is 2.46. The number of carbonyl (C=O) groups is 1. The molecule has 0 amide bonds. The molecule has 2 N–H and O–H groups in total. The van der Waals surface area contributed by atoms with Crippen LogP contribution in [0.4, 0.5) is 11.4 Å². The number of anilines is 2. The van der Waals surface area contributed by atoms with Gasteiger partial charge in [0.1, 0.15) is 12.4 Å². The molecule has 1 heterocycles. The lowest BCUT2D eigenvalue weighted by molar-refractivity contribution is -0.129. The van der Waals surface area contributed by atoms with Crippen molar-refractivity contribution in [1.82, 2.24) is 0 Å². The van der Waals surface area contributed by atoms with E-state index in [4.69, 9.17) is 0 Å². The number of fused-ring (bicyclic) bond motifs is 1. The summed E-state index contributed by atoms with van der Waals surface area (Å²) in [6, 6.07) is 11.3. The predicted octanol–water partition coefficient (Wildman–Crippen LogP) is 3.43. The molecule has 0 radical (unpaired) electrons. The van der Waals surface area contributed by atoms with Crippen LogP contribution in [0.25, 0.3) is 0 Å². The molecule has 0 saturated heterocycles. The van der Waals surface area contributed by atoms with Gasteiger partial charge < -0.3 is 15.2 Å². The molecule has 2 aromatic carbocycles. The summed E-state index contributed by atoms with van der Waals surface area (Å²) in [6.07, 6.45) is 0. The van der Waals surface area contributed by atoms with Gasteiger partial charge in [-0.1, -0.05) is 30.3 Å². The molecule has 0 bridgehead atoms. The maximum Gasteiger partial charge on any atom is 0.293 e. The highest BCUT2D eigenvalue weighted by Gasteiger charge is 2.21. The van der Waals surface area contributed by atoms with Crippen LogP contribution >= 0.6 is 0 Å². The Morgan fingerprint density at radius 1 is 1.20 bits per heavy atom. The number of hydrogen-bond donors (Lipinski definition) is 2. The van der Waals surface area contributed by atoms with E-state index in [-0.39, 0.29) is 0 Å². The first kappa shape index (κ1) is 13.9. The standard InChI is InChI=1S/C8H9NO.C8H8O2/c1-4-5(2)8-6(9-8)3-7(4)10;9-7-10-6-8-4-2-1-3-5-8/h3,9-10H,1-2H3;1-5,7H,6H2. The largest absolute Gasteiger partial charge is 0.508 e. The number of rotatable bonds is 3. The number of phenols is 1. The number of benzene rings is 2. The molecular weight excluding hydrogens is 254 g/mol. The zero-order chi connectivity index (χ0) is 14.5. The molecule has 1 aliphatic rings. The Morgan fingerprint density at radius 2 is 1.90 bits per heavy atom. The van der Waals surface area contributed by atoms with Crippen molar-refractivity contribution in [2.75, 3.05) is 5.32 Å². The van der Waals surface area contributed by atoms with E-state index >= 15 is 0 Å². The molecule has 4 heteroatoms. The highest BCUT2D eigenvalue weighted by molar-refractivity contribution is 5.94. The molecule has 3 rings (SSSR count). The minimum atomic E-state index is 0.365. The Kier molecular flexibility index (Phi) is 4.25. The van der Waals surface area contributed by atoms with Crippen molar-refractivity contribution in [3.63, 3.8) is 0 Å². The first-order valence-corrected chi connectivity index (χ1v) is 6.33. The number of hydrogen-bond acceptors (Lipinski definition) is 4. The maximum atomic E-state index is 9.76. The van der Waals surface area contributed by atoms with E-state index < -0.39 is 0 Å². The molecule has 0 atom stereocenters. The second-order valence-corrected chi connectivity index (χ2v) is 4.59. The van der Waals surface area contributed by atoms with Crippen LogP contribution in [0.5, 0.6) is 5.75 Å². The fourth-order valence-electron chi connectivity index (χ4n) is 1.84. The Hall–Kier alpha value is -2.49. The molecule has 20 heavy (non-hydrogen) atoms. The summed E-state index contributed by atoms with van der Waals surface area (Å²) < 4.78 is 4.54. The van der Waals surface area contributed by atoms with Crippen molar-refractivity contribution in [2.24, 2.45) is 0 Å². The maximum absolute atomic E-state index is 9.76. The summed E-state index contributed by atoms with van der Waals surface area (Å²) >= 11 is 0. The second-order valence-electron chi connectivity index (χ2n) is 4.59. The first-order chi connectivity index (χ1) is 9.63. The summed E-state index contributed by atoms with van der Waals surface area (Å²) in [4.78, 5) is 9.76. The lowest BCUT2D eigenvalue weighted by Crippen LogP contribution is -1.88. The van der Waals surface area contributed by atoms with Crippen molar-refractivity contribution >= 4 is 17.8 Å². The summed E-state index contributed by atoms with van der Waals surface area (Å²) in [6.45, 7) is 4.75. The third-order valence-corrected chi connectivity index (χ3v) is 3.23. The Labute approximate surface area is 118 Å². The number of carbonyl (C=O) groups excluding carboxylic acids is 1. The van der Waals surface area contributed by atoms with Crippen molar-refractivity contribution in [3.8, 4) is 5.75 Å². The second kappa shape index (κ2) is 6.10. The summed E-state index contributed by atoms with van der Waals surface area (Å²) in [5, 5.41) is 12.4. The Balaban J connectivity index is 0.000000147. The minimum Gasteiger partial charge on any atom is -0.508 e. The van der Waals surface area contributed by atoms with E-state index in [2.05, 4.69) is 10.1 Å². The van der Waals surface area contributed by atoms with Crippen LogP contribution in [-0.4, -0.2) is 11.6 Å². The average molecular weight is 271 g/mol. The molecule has 0 fully saturated rings. The van der Waals surface area contributed by atoms with E-state index in [0.29, 0.717) is 18.8 Å². The third kappa shape index (κ3) is 3.29. The van der Waals surface area contributed by atoms with Crippen LogP contribution in [0.2, 0.25) is 0 Å². The van der Waals surface area contributed by atoms with Crippen molar-refractivity contribution in [1.29, 1.82) is 0 Å². The van der Waals surface area contributed by atoms with Gasteiger partial charge in [-0.2, -0.15) is 0 Å². The van der Waals surface area contributed by atoms with Gasteiger partial charge >= 0.3 is 0 Å². The number of aromatic hydroxyl groups is 1. The molecule has 4 nitrogen and oxygen atoms in total. The van der Waals surface area contributed by atoms with Gasteiger partial charge in [-0.15, -0.1) is 0 Å².